The van der Waals surface area contributed by atoms with Crippen LogP contribution in [-0.4, -0.2) is 20.8 Å². The fourth-order valence-electron chi connectivity index (χ4n) is 3.71. The summed E-state index contributed by atoms with van der Waals surface area (Å²) in [5, 5.41) is 0. The van der Waals surface area contributed by atoms with Crippen molar-refractivity contribution in [2.24, 2.45) is 5.92 Å². The van der Waals surface area contributed by atoms with Gasteiger partial charge in [0.05, 0.1) is 20.8 Å². The van der Waals surface area contributed by atoms with E-state index in [4.69, 9.17) is 14.2 Å². The van der Waals surface area contributed by atoms with Crippen molar-refractivity contribution in [3.8, 4) is 17.2 Å². The van der Waals surface area contributed by atoms with E-state index >= 15 is 0 Å². The van der Waals surface area contributed by atoms with Gasteiger partial charge in [-0.1, -0.05) is 33.1 Å². The average molecular weight is 434 g/mol. The second kappa shape index (κ2) is 12.0. The van der Waals surface area contributed by atoms with Gasteiger partial charge in [-0.15, -0.1) is 0 Å². The molecule has 4 nitrogen and oxygen atoms in total. The van der Waals surface area contributed by atoms with Crippen LogP contribution in [0, 0.1) is 5.92 Å². The van der Waals surface area contributed by atoms with Crippen molar-refractivity contribution in [1.82, 2.24) is 0 Å². The third-order valence-corrected chi connectivity index (χ3v) is 5.79. The Morgan fingerprint density at radius 3 is 1.47 bits per heavy atom. The fraction of sp³-hybridized carbons (Fsp3) is 0.357. The Balaban J connectivity index is 1.82. The van der Waals surface area contributed by atoms with Gasteiger partial charge in [0.1, 0.15) is 17.2 Å². The van der Waals surface area contributed by atoms with Crippen molar-refractivity contribution in [1.29, 1.82) is 0 Å². The quantitative estimate of drug-likeness (QED) is 0.292. The second-order valence-electron chi connectivity index (χ2n) is 7.95. The maximum Gasteiger partial charge on any atom is 0.119 e. The first-order chi connectivity index (χ1) is 15.7. The second-order valence-corrected chi connectivity index (χ2v) is 7.95. The molecule has 0 N–H and O–H groups in total. The summed E-state index contributed by atoms with van der Waals surface area (Å²) in [5.41, 5.74) is 3.16. The fourth-order valence-corrected chi connectivity index (χ4v) is 3.71. The summed E-state index contributed by atoms with van der Waals surface area (Å²) in [4.78, 5) is 2.21. The molecule has 0 aromatic heterocycles. The first kappa shape index (κ1) is 23.5. The number of benzene rings is 3. The highest BCUT2D eigenvalue weighted by molar-refractivity contribution is 5.77. The number of anilines is 3. The third-order valence-electron chi connectivity index (χ3n) is 5.79. The topological polar surface area (TPSA) is 30.9 Å². The van der Waals surface area contributed by atoms with Gasteiger partial charge in [0, 0.05) is 17.1 Å². The van der Waals surface area contributed by atoms with Crippen molar-refractivity contribution in [2.75, 3.05) is 25.7 Å². The average Bonchev–Trinajstić information content (AvgIpc) is 2.86. The Kier molecular flexibility index (Phi) is 8.85. The van der Waals surface area contributed by atoms with Crippen LogP contribution in [0.5, 0.6) is 17.2 Å². The molecule has 0 aliphatic carbocycles. The molecule has 0 aliphatic rings. The molecule has 3 rings (SSSR count). The van der Waals surface area contributed by atoms with E-state index in [0.29, 0.717) is 5.92 Å². The first-order valence-corrected chi connectivity index (χ1v) is 11.5. The van der Waals surface area contributed by atoms with Crippen LogP contribution < -0.4 is 19.1 Å². The first-order valence-electron chi connectivity index (χ1n) is 11.5. The molecular weight excluding hydrogens is 398 g/mol. The van der Waals surface area contributed by atoms with Crippen LogP contribution >= 0.6 is 0 Å². The predicted molar refractivity (Wildman–Crippen MR) is 133 cm³/mol. The van der Waals surface area contributed by atoms with Gasteiger partial charge in [0.25, 0.3) is 0 Å². The van der Waals surface area contributed by atoms with Crippen molar-refractivity contribution < 1.29 is 14.2 Å². The minimum absolute atomic E-state index is 0.615. The predicted octanol–water partition coefficient (Wildman–Crippen LogP) is 7.77. The maximum absolute atomic E-state index is 6.11. The highest BCUT2D eigenvalue weighted by Crippen LogP contribution is 2.36. The zero-order valence-corrected chi connectivity index (χ0v) is 19.7. The Morgan fingerprint density at radius 1 is 0.656 bits per heavy atom. The van der Waals surface area contributed by atoms with Crippen molar-refractivity contribution in [2.45, 2.75) is 39.5 Å². The van der Waals surface area contributed by atoms with Crippen LogP contribution in [0.25, 0.3) is 0 Å². The van der Waals surface area contributed by atoms with Crippen molar-refractivity contribution in [3.05, 3.63) is 72.8 Å². The SMILES string of the molecule is CCCCC(CC)COc1ccc(N(c2ccc(OC)cc2)c2ccc(OC)cc2)cc1. The minimum atomic E-state index is 0.615. The third kappa shape index (κ3) is 6.19. The van der Waals surface area contributed by atoms with Crippen LogP contribution in [0.2, 0.25) is 0 Å². The van der Waals surface area contributed by atoms with E-state index in [1.54, 1.807) is 14.2 Å². The molecule has 170 valence electrons. The summed E-state index contributed by atoms with van der Waals surface area (Å²) in [6, 6.07) is 24.5. The van der Waals surface area contributed by atoms with E-state index in [9.17, 15) is 0 Å². The molecule has 0 fully saturated rings. The van der Waals surface area contributed by atoms with Gasteiger partial charge in [0.2, 0.25) is 0 Å². The van der Waals surface area contributed by atoms with Crippen LogP contribution in [0.4, 0.5) is 17.1 Å². The molecule has 0 aliphatic heterocycles. The summed E-state index contributed by atoms with van der Waals surface area (Å²) in [6.45, 7) is 5.26. The molecule has 0 saturated carbocycles. The summed E-state index contributed by atoms with van der Waals surface area (Å²) >= 11 is 0. The number of hydrogen-bond donors (Lipinski definition) is 0. The molecule has 32 heavy (non-hydrogen) atoms. The zero-order chi connectivity index (χ0) is 22.8. The molecule has 1 atom stereocenters. The summed E-state index contributed by atoms with van der Waals surface area (Å²) in [5.74, 6) is 3.19. The monoisotopic (exact) mass is 433 g/mol. The minimum Gasteiger partial charge on any atom is -0.497 e. The van der Waals surface area contributed by atoms with E-state index < -0.39 is 0 Å². The molecule has 0 saturated heterocycles. The van der Waals surface area contributed by atoms with Crippen LogP contribution in [0.15, 0.2) is 72.8 Å². The Morgan fingerprint density at radius 2 is 1.09 bits per heavy atom. The number of ether oxygens (including phenoxy) is 3. The molecule has 0 radical (unpaired) electrons. The van der Waals surface area contributed by atoms with Gasteiger partial charge in [0.15, 0.2) is 0 Å². The number of nitrogens with zero attached hydrogens (tertiary/aromatic N) is 1. The Labute approximate surface area is 192 Å². The van der Waals surface area contributed by atoms with Crippen LogP contribution in [0.3, 0.4) is 0 Å². The standard InChI is InChI=1S/C28H35NO3/c1-5-7-8-22(6-2)21-32-28-19-13-25(14-20-28)29(23-9-15-26(30-3)16-10-23)24-11-17-27(31-4)18-12-24/h9-20,22H,5-8,21H2,1-4H3. The molecule has 0 amide bonds. The molecular formula is C28H35NO3. The lowest BCUT2D eigenvalue weighted by molar-refractivity contribution is 0.233. The van der Waals surface area contributed by atoms with E-state index in [2.05, 4.69) is 67.3 Å². The highest BCUT2D eigenvalue weighted by Gasteiger charge is 2.13. The molecule has 0 spiro atoms. The lowest BCUT2D eigenvalue weighted by Gasteiger charge is -2.26. The van der Waals surface area contributed by atoms with E-state index in [1.807, 2.05) is 24.3 Å². The normalized spacial score (nSPS) is 11.6. The summed E-state index contributed by atoms with van der Waals surface area (Å²) in [7, 11) is 3.36. The number of unbranched alkanes of at least 4 members (excludes halogenated alkanes) is 1. The molecule has 0 bridgehead atoms. The molecule has 0 heterocycles. The summed E-state index contributed by atoms with van der Waals surface area (Å²) in [6.07, 6.45) is 4.88. The van der Waals surface area contributed by atoms with Crippen LogP contribution in [0.1, 0.15) is 39.5 Å². The maximum atomic E-state index is 6.11. The van der Waals surface area contributed by atoms with Gasteiger partial charge in [-0.3, -0.25) is 0 Å². The van der Waals surface area contributed by atoms with Crippen molar-refractivity contribution in [3.63, 3.8) is 0 Å². The molecule has 4 heteroatoms. The molecule has 3 aromatic carbocycles. The largest absolute Gasteiger partial charge is 0.497 e. The Hall–Kier alpha value is -3.14. The van der Waals surface area contributed by atoms with Gasteiger partial charge < -0.3 is 19.1 Å². The smallest absolute Gasteiger partial charge is 0.119 e. The van der Waals surface area contributed by atoms with Gasteiger partial charge in [-0.25, -0.2) is 0 Å². The number of methoxy groups -OCH3 is 2. The van der Waals surface area contributed by atoms with E-state index in [-0.39, 0.29) is 0 Å². The van der Waals surface area contributed by atoms with Gasteiger partial charge in [-0.05, 0) is 85.1 Å². The molecule has 3 aromatic rings. The molecule has 1 unspecified atom stereocenters. The highest BCUT2D eigenvalue weighted by atomic mass is 16.5. The summed E-state index contributed by atoms with van der Waals surface area (Å²) < 4.78 is 16.8. The van der Waals surface area contributed by atoms with Crippen molar-refractivity contribution >= 4 is 17.1 Å². The van der Waals surface area contributed by atoms with Crippen LogP contribution in [-0.2, 0) is 0 Å². The lowest BCUT2D eigenvalue weighted by atomic mass is 10.0. The van der Waals surface area contributed by atoms with Gasteiger partial charge in [-0.2, -0.15) is 0 Å². The lowest BCUT2D eigenvalue weighted by Crippen LogP contribution is -2.12. The van der Waals surface area contributed by atoms with E-state index in [0.717, 1.165) is 47.3 Å². The van der Waals surface area contributed by atoms with Gasteiger partial charge >= 0.3 is 0 Å². The van der Waals surface area contributed by atoms with E-state index in [1.165, 1.54) is 19.3 Å². The Bertz CT molecular complexity index is 873. The number of rotatable bonds is 12. The number of hydrogen-bond acceptors (Lipinski definition) is 4. The zero-order valence-electron chi connectivity index (χ0n) is 19.7.